The zero-order valence-electron chi connectivity index (χ0n) is 8.87. The normalized spacial score (nSPS) is 11.3. The standard InChI is InChI=1S/C11H7ClF3N3/c12-9-10(17-6-5-16-9)18-8-3-1-7(2-4-8)11(13,14)15/h1-6H,(H,17,18). The van der Waals surface area contributed by atoms with Crippen LogP contribution in [0.3, 0.4) is 0 Å². The van der Waals surface area contributed by atoms with Crippen molar-refractivity contribution < 1.29 is 13.2 Å². The predicted molar refractivity (Wildman–Crippen MR) is 61.8 cm³/mol. The van der Waals surface area contributed by atoms with Gasteiger partial charge in [0, 0.05) is 18.1 Å². The first kappa shape index (κ1) is 12.6. The van der Waals surface area contributed by atoms with E-state index in [4.69, 9.17) is 11.6 Å². The lowest BCUT2D eigenvalue weighted by Crippen LogP contribution is -2.04. The quantitative estimate of drug-likeness (QED) is 0.902. The molecule has 0 radical (unpaired) electrons. The molecule has 0 bridgehead atoms. The van der Waals surface area contributed by atoms with Crippen molar-refractivity contribution in [2.45, 2.75) is 6.18 Å². The summed E-state index contributed by atoms with van der Waals surface area (Å²) in [6, 6.07) is 4.56. The maximum atomic E-state index is 12.3. The Labute approximate surface area is 106 Å². The van der Waals surface area contributed by atoms with Gasteiger partial charge in [-0.3, -0.25) is 0 Å². The molecule has 1 N–H and O–H groups in total. The van der Waals surface area contributed by atoms with E-state index in [1.165, 1.54) is 24.5 Å². The van der Waals surface area contributed by atoms with Gasteiger partial charge in [0.15, 0.2) is 11.0 Å². The molecule has 0 spiro atoms. The van der Waals surface area contributed by atoms with Crippen LogP contribution in [0.15, 0.2) is 36.7 Å². The number of nitrogens with one attached hydrogen (secondary N) is 1. The molecule has 0 unspecified atom stereocenters. The van der Waals surface area contributed by atoms with E-state index >= 15 is 0 Å². The Morgan fingerprint density at radius 1 is 1.00 bits per heavy atom. The lowest BCUT2D eigenvalue weighted by Gasteiger charge is -2.09. The number of hydrogen-bond donors (Lipinski definition) is 1. The van der Waals surface area contributed by atoms with E-state index in [1.807, 2.05) is 0 Å². The van der Waals surface area contributed by atoms with E-state index in [9.17, 15) is 13.2 Å². The highest BCUT2D eigenvalue weighted by Gasteiger charge is 2.29. The fourth-order valence-corrected chi connectivity index (χ4v) is 1.44. The second-order valence-corrected chi connectivity index (χ2v) is 3.75. The Kier molecular flexibility index (Phi) is 3.38. The molecule has 0 aliphatic carbocycles. The number of aromatic nitrogens is 2. The van der Waals surface area contributed by atoms with Gasteiger partial charge in [0.25, 0.3) is 0 Å². The second-order valence-electron chi connectivity index (χ2n) is 3.40. The third-order valence-corrected chi connectivity index (χ3v) is 2.41. The van der Waals surface area contributed by atoms with Gasteiger partial charge in [0.1, 0.15) is 0 Å². The first-order valence-corrected chi connectivity index (χ1v) is 5.25. The third-order valence-electron chi connectivity index (χ3n) is 2.13. The van der Waals surface area contributed by atoms with E-state index in [0.717, 1.165) is 12.1 Å². The molecular formula is C11H7ClF3N3. The zero-order chi connectivity index (χ0) is 13.2. The van der Waals surface area contributed by atoms with Gasteiger partial charge < -0.3 is 5.32 Å². The Hall–Kier alpha value is -1.82. The molecule has 1 heterocycles. The van der Waals surface area contributed by atoms with Crippen molar-refractivity contribution in [2.24, 2.45) is 0 Å². The van der Waals surface area contributed by atoms with Crippen LogP contribution in [0.25, 0.3) is 0 Å². The average Bonchev–Trinajstić information content (AvgIpc) is 2.32. The molecule has 94 valence electrons. The highest BCUT2D eigenvalue weighted by molar-refractivity contribution is 6.31. The number of benzene rings is 1. The van der Waals surface area contributed by atoms with E-state index in [0.29, 0.717) is 11.5 Å². The molecule has 7 heteroatoms. The van der Waals surface area contributed by atoms with Crippen molar-refractivity contribution in [1.82, 2.24) is 9.97 Å². The van der Waals surface area contributed by atoms with E-state index < -0.39 is 11.7 Å². The minimum atomic E-state index is -4.34. The first-order valence-electron chi connectivity index (χ1n) is 4.87. The van der Waals surface area contributed by atoms with Crippen LogP contribution in [-0.4, -0.2) is 9.97 Å². The van der Waals surface area contributed by atoms with Gasteiger partial charge in [-0.05, 0) is 24.3 Å². The van der Waals surface area contributed by atoms with Crippen molar-refractivity contribution >= 4 is 23.1 Å². The Morgan fingerprint density at radius 3 is 2.17 bits per heavy atom. The molecule has 0 fully saturated rings. The van der Waals surface area contributed by atoms with Crippen LogP contribution in [0, 0.1) is 0 Å². The molecule has 0 aliphatic heterocycles. The van der Waals surface area contributed by atoms with Crippen LogP contribution in [0.2, 0.25) is 5.15 Å². The monoisotopic (exact) mass is 273 g/mol. The van der Waals surface area contributed by atoms with E-state index in [1.54, 1.807) is 0 Å². The summed E-state index contributed by atoms with van der Waals surface area (Å²) < 4.78 is 37.0. The topological polar surface area (TPSA) is 37.8 Å². The molecule has 2 aromatic rings. The fraction of sp³-hybridized carbons (Fsp3) is 0.0909. The summed E-state index contributed by atoms with van der Waals surface area (Å²) in [6.07, 6.45) is -1.50. The number of alkyl halides is 3. The van der Waals surface area contributed by atoms with Gasteiger partial charge in [-0.2, -0.15) is 13.2 Å². The van der Waals surface area contributed by atoms with Gasteiger partial charge in [0.2, 0.25) is 0 Å². The van der Waals surface area contributed by atoms with Crippen molar-refractivity contribution in [1.29, 1.82) is 0 Å². The summed E-state index contributed by atoms with van der Waals surface area (Å²) in [5, 5.41) is 2.93. The fourth-order valence-electron chi connectivity index (χ4n) is 1.28. The minimum Gasteiger partial charge on any atom is -0.338 e. The lowest BCUT2D eigenvalue weighted by atomic mass is 10.2. The number of anilines is 2. The Balaban J connectivity index is 2.19. The number of nitrogens with zero attached hydrogens (tertiary/aromatic N) is 2. The molecule has 0 amide bonds. The maximum absolute atomic E-state index is 12.3. The van der Waals surface area contributed by atoms with Crippen molar-refractivity contribution in [3.05, 3.63) is 47.4 Å². The zero-order valence-corrected chi connectivity index (χ0v) is 9.63. The summed E-state index contributed by atoms with van der Waals surface area (Å²) in [5.74, 6) is 0.291. The van der Waals surface area contributed by atoms with Crippen LogP contribution in [0.5, 0.6) is 0 Å². The Morgan fingerprint density at radius 2 is 1.61 bits per heavy atom. The van der Waals surface area contributed by atoms with Crippen LogP contribution in [0.1, 0.15) is 5.56 Å². The first-order chi connectivity index (χ1) is 8.47. The lowest BCUT2D eigenvalue weighted by molar-refractivity contribution is -0.137. The molecule has 0 saturated carbocycles. The van der Waals surface area contributed by atoms with E-state index in [2.05, 4.69) is 15.3 Å². The SMILES string of the molecule is FC(F)(F)c1ccc(Nc2nccnc2Cl)cc1. The summed E-state index contributed by atoms with van der Waals surface area (Å²) in [4.78, 5) is 7.71. The molecular weight excluding hydrogens is 267 g/mol. The summed E-state index contributed by atoms with van der Waals surface area (Å²) in [7, 11) is 0. The molecule has 1 aromatic carbocycles. The van der Waals surface area contributed by atoms with Crippen LogP contribution in [-0.2, 0) is 6.18 Å². The van der Waals surface area contributed by atoms with Crippen LogP contribution in [0.4, 0.5) is 24.7 Å². The minimum absolute atomic E-state index is 0.150. The van der Waals surface area contributed by atoms with Crippen LogP contribution < -0.4 is 5.32 Å². The van der Waals surface area contributed by atoms with Gasteiger partial charge in [-0.25, -0.2) is 9.97 Å². The highest BCUT2D eigenvalue weighted by Crippen LogP contribution is 2.30. The van der Waals surface area contributed by atoms with Gasteiger partial charge in [-0.1, -0.05) is 11.6 Å². The summed E-state index contributed by atoms with van der Waals surface area (Å²) >= 11 is 5.76. The van der Waals surface area contributed by atoms with Crippen molar-refractivity contribution in [3.8, 4) is 0 Å². The third kappa shape index (κ3) is 2.89. The molecule has 18 heavy (non-hydrogen) atoms. The van der Waals surface area contributed by atoms with E-state index in [-0.39, 0.29) is 5.15 Å². The number of hydrogen-bond acceptors (Lipinski definition) is 3. The molecule has 2 rings (SSSR count). The molecule has 0 saturated heterocycles. The Bertz CT molecular complexity index is 540. The molecule has 3 nitrogen and oxygen atoms in total. The molecule has 0 atom stereocenters. The van der Waals surface area contributed by atoms with Crippen molar-refractivity contribution in [3.63, 3.8) is 0 Å². The van der Waals surface area contributed by atoms with Crippen molar-refractivity contribution in [2.75, 3.05) is 5.32 Å². The predicted octanol–water partition coefficient (Wildman–Crippen LogP) is 3.89. The summed E-state index contributed by atoms with van der Waals surface area (Å²) in [6.45, 7) is 0. The summed E-state index contributed by atoms with van der Waals surface area (Å²) in [5.41, 5.74) is -0.260. The largest absolute Gasteiger partial charge is 0.416 e. The van der Waals surface area contributed by atoms with Gasteiger partial charge in [-0.15, -0.1) is 0 Å². The van der Waals surface area contributed by atoms with Gasteiger partial charge >= 0.3 is 6.18 Å². The maximum Gasteiger partial charge on any atom is 0.416 e. The van der Waals surface area contributed by atoms with Gasteiger partial charge in [0.05, 0.1) is 5.56 Å². The molecule has 1 aromatic heterocycles. The molecule has 0 aliphatic rings. The average molecular weight is 274 g/mol. The highest BCUT2D eigenvalue weighted by atomic mass is 35.5. The van der Waals surface area contributed by atoms with Crippen LogP contribution >= 0.6 is 11.6 Å². The smallest absolute Gasteiger partial charge is 0.338 e. The number of rotatable bonds is 2. The number of halogens is 4. The second kappa shape index (κ2) is 4.81.